The monoisotopic (exact) mass is 226 g/mol. The molecule has 2 aromatic rings. The second kappa shape index (κ2) is 4.49. The highest BCUT2D eigenvalue weighted by Gasteiger charge is 2.11. The highest BCUT2D eigenvalue weighted by molar-refractivity contribution is 6.03. The Morgan fingerprint density at radius 1 is 1.41 bits per heavy atom. The molecule has 0 atom stereocenters. The average molecular weight is 226 g/mol. The van der Waals surface area contributed by atoms with Crippen molar-refractivity contribution in [2.45, 2.75) is 6.92 Å². The number of H-pyrrole nitrogens is 1. The van der Waals surface area contributed by atoms with Gasteiger partial charge >= 0.3 is 0 Å². The van der Waals surface area contributed by atoms with Gasteiger partial charge in [-0.25, -0.2) is 4.98 Å². The van der Waals surface area contributed by atoms with Crippen molar-refractivity contribution in [2.75, 3.05) is 5.32 Å². The Morgan fingerprint density at radius 2 is 2.12 bits per heavy atom. The van der Waals surface area contributed by atoms with E-state index in [4.69, 9.17) is 5.26 Å². The first kappa shape index (κ1) is 10.9. The van der Waals surface area contributed by atoms with Crippen molar-refractivity contribution in [1.29, 1.82) is 5.26 Å². The molecule has 1 aromatic carbocycles. The number of aromatic nitrogens is 2. The molecule has 84 valence electrons. The van der Waals surface area contributed by atoms with E-state index in [1.165, 1.54) is 6.33 Å². The van der Waals surface area contributed by atoms with Gasteiger partial charge in [-0.15, -0.1) is 0 Å². The Kier molecular flexibility index (Phi) is 2.88. The lowest BCUT2D eigenvalue weighted by Gasteiger charge is -2.03. The zero-order valence-electron chi connectivity index (χ0n) is 9.19. The summed E-state index contributed by atoms with van der Waals surface area (Å²) < 4.78 is 0. The van der Waals surface area contributed by atoms with Gasteiger partial charge < -0.3 is 10.3 Å². The second-order valence-electron chi connectivity index (χ2n) is 3.52. The van der Waals surface area contributed by atoms with Crippen molar-refractivity contribution in [3.63, 3.8) is 0 Å². The molecule has 1 amide bonds. The molecule has 5 nitrogen and oxygen atoms in total. The maximum atomic E-state index is 11.8. The Hall–Kier alpha value is -2.61. The lowest BCUT2D eigenvalue weighted by Crippen LogP contribution is -2.13. The summed E-state index contributed by atoms with van der Waals surface area (Å²) in [5.41, 5.74) is 2.28. The molecule has 2 N–H and O–H groups in total. The van der Waals surface area contributed by atoms with E-state index in [9.17, 15) is 4.79 Å². The van der Waals surface area contributed by atoms with Crippen molar-refractivity contribution >= 4 is 11.6 Å². The van der Waals surface area contributed by atoms with Gasteiger partial charge in [-0.2, -0.15) is 5.26 Å². The number of nitrogens with one attached hydrogen (secondary N) is 2. The van der Waals surface area contributed by atoms with Crippen LogP contribution in [-0.2, 0) is 0 Å². The number of aryl methyl sites for hydroxylation is 1. The number of hydrogen-bond acceptors (Lipinski definition) is 3. The lowest BCUT2D eigenvalue weighted by molar-refractivity contribution is 0.102. The summed E-state index contributed by atoms with van der Waals surface area (Å²) in [6, 6.07) is 8.66. The number of carbonyl (C=O) groups is 1. The number of benzene rings is 1. The van der Waals surface area contributed by atoms with E-state index in [0.29, 0.717) is 16.9 Å². The van der Waals surface area contributed by atoms with Gasteiger partial charge in [0.05, 0.1) is 18.0 Å². The Bertz CT molecular complexity index is 577. The van der Waals surface area contributed by atoms with Crippen molar-refractivity contribution < 1.29 is 4.79 Å². The molecule has 1 aromatic heterocycles. The molecule has 1 heterocycles. The van der Waals surface area contributed by atoms with Gasteiger partial charge in [0.15, 0.2) is 0 Å². The van der Waals surface area contributed by atoms with Crippen molar-refractivity contribution in [1.82, 2.24) is 9.97 Å². The fraction of sp³-hybridized carbons (Fsp3) is 0.0833. The number of rotatable bonds is 2. The summed E-state index contributed by atoms with van der Waals surface area (Å²) in [5, 5.41) is 11.4. The summed E-state index contributed by atoms with van der Waals surface area (Å²) in [6.07, 6.45) is 1.48. The highest BCUT2D eigenvalue weighted by Crippen LogP contribution is 2.11. The summed E-state index contributed by atoms with van der Waals surface area (Å²) in [6.45, 7) is 1.78. The predicted octanol–water partition coefficient (Wildman–Crippen LogP) is 1.84. The Labute approximate surface area is 98.1 Å². The molecule has 0 bridgehead atoms. The molecule has 0 saturated carbocycles. The standard InChI is InChI=1S/C12H10N4O/c1-8-11(15-7-14-8)12(17)16-10-4-2-9(6-13)3-5-10/h2-5,7H,1H3,(H,14,15)(H,16,17). The molecule has 0 spiro atoms. The summed E-state index contributed by atoms with van der Waals surface area (Å²) in [4.78, 5) is 18.6. The van der Waals surface area contributed by atoms with Crippen LogP contribution in [-0.4, -0.2) is 15.9 Å². The minimum Gasteiger partial charge on any atom is -0.348 e. The first-order valence-corrected chi connectivity index (χ1v) is 5.02. The first-order valence-electron chi connectivity index (χ1n) is 5.02. The van der Waals surface area contributed by atoms with Crippen molar-refractivity contribution in [3.8, 4) is 6.07 Å². The van der Waals surface area contributed by atoms with Crippen LogP contribution in [0.15, 0.2) is 30.6 Å². The van der Waals surface area contributed by atoms with Gasteiger partial charge in [0, 0.05) is 11.4 Å². The molecular weight excluding hydrogens is 216 g/mol. The predicted molar refractivity (Wildman–Crippen MR) is 62.4 cm³/mol. The van der Waals surface area contributed by atoms with E-state index in [-0.39, 0.29) is 5.91 Å². The lowest BCUT2D eigenvalue weighted by atomic mass is 10.2. The van der Waals surface area contributed by atoms with Crippen molar-refractivity contribution in [3.05, 3.63) is 47.5 Å². The smallest absolute Gasteiger partial charge is 0.276 e. The van der Waals surface area contributed by atoms with Gasteiger partial charge in [-0.1, -0.05) is 0 Å². The van der Waals surface area contributed by atoms with E-state index in [1.54, 1.807) is 31.2 Å². The highest BCUT2D eigenvalue weighted by atomic mass is 16.1. The fourth-order valence-corrected chi connectivity index (χ4v) is 1.41. The topological polar surface area (TPSA) is 81.6 Å². The quantitative estimate of drug-likeness (QED) is 0.819. The van der Waals surface area contributed by atoms with Crippen LogP contribution in [0.3, 0.4) is 0 Å². The number of hydrogen-bond donors (Lipinski definition) is 2. The number of imidazole rings is 1. The Balaban J connectivity index is 2.14. The SMILES string of the molecule is Cc1[nH]cnc1C(=O)Nc1ccc(C#N)cc1. The number of anilines is 1. The van der Waals surface area contributed by atoms with E-state index in [0.717, 1.165) is 5.69 Å². The second-order valence-corrected chi connectivity index (χ2v) is 3.52. The first-order chi connectivity index (χ1) is 8.20. The van der Waals surface area contributed by atoms with Crippen LogP contribution in [0.4, 0.5) is 5.69 Å². The van der Waals surface area contributed by atoms with Crippen LogP contribution < -0.4 is 5.32 Å². The Morgan fingerprint density at radius 3 is 2.65 bits per heavy atom. The number of aromatic amines is 1. The molecule has 5 heteroatoms. The van der Waals surface area contributed by atoms with Crippen LogP contribution in [0.1, 0.15) is 21.7 Å². The molecule has 0 unspecified atom stereocenters. The van der Waals surface area contributed by atoms with Gasteiger partial charge in [-0.05, 0) is 31.2 Å². The van der Waals surface area contributed by atoms with Crippen molar-refractivity contribution in [2.24, 2.45) is 0 Å². The third-order valence-electron chi connectivity index (χ3n) is 2.32. The minimum absolute atomic E-state index is 0.270. The largest absolute Gasteiger partial charge is 0.348 e. The number of amides is 1. The molecule has 0 aliphatic rings. The zero-order valence-corrected chi connectivity index (χ0v) is 9.19. The van der Waals surface area contributed by atoms with Gasteiger partial charge in [-0.3, -0.25) is 4.79 Å². The molecule has 2 rings (SSSR count). The molecule has 0 radical (unpaired) electrons. The van der Waals surface area contributed by atoms with E-state index < -0.39 is 0 Å². The molecule has 0 aliphatic heterocycles. The summed E-state index contributed by atoms with van der Waals surface area (Å²) in [5.74, 6) is -0.270. The normalized spacial score (nSPS) is 9.65. The molecule has 0 aliphatic carbocycles. The average Bonchev–Trinajstić information content (AvgIpc) is 2.76. The van der Waals surface area contributed by atoms with Gasteiger partial charge in [0.25, 0.3) is 5.91 Å². The van der Waals surface area contributed by atoms with Crippen LogP contribution in [0.25, 0.3) is 0 Å². The van der Waals surface area contributed by atoms with E-state index in [2.05, 4.69) is 15.3 Å². The minimum atomic E-state index is -0.270. The third-order valence-corrected chi connectivity index (χ3v) is 2.32. The van der Waals surface area contributed by atoms with Crippen LogP contribution in [0, 0.1) is 18.3 Å². The number of carbonyl (C=O) groups excluding carboxylic acids is 1. The zero-order chi connectivity index (χ0) is 12.3. The molecule has 0 fully saturated rings. The fourth-order valence-electron chi connectivity index (χ4n) is 1.41. The maximum Gasteiger partial charge on any atom is 0.276 e. The molecule has 17 heavy (non-hydrogen) atoms. The van der Waals surface area contributed by atoms with Crippen LogP contribution in [0.2, 0.25) is 0 Å². The number of nitriles is 1. The maximum absolute atomic E-state index is 11.8. The summed E-state index contributed by atoms with van der Waals surface area (Å²) >= 11 is 0. The van der Waals surface area contributed by atoms with E-state index in [1.807, 2.05) is 6.07 Å². The molecular formula is C12H10N4O. The third kappa shape index (κ3) is 2.32. The van der Waals surface area contributed by atoms with Gasteiger partial charge in [0.2, 0.25) is 0 Å². The molecule has 0 saturated heterocycles. The van der Waals surface area contributed by atoms with E-state index >= 15 is 0 Å². The van der Waals surface area contributed by atoms with Crippen LogP contribution in [0.5, 0.6) is 0 Å². The number of nitrogens with zero attached hydrogens (tertiary/aromatic N) is 2. The summed E-state index contributed by atoms with van der Waals surface area (Å²) in [7, 11) is 0. The van der Waals surface area contributed by atoms with Gasteiger partial charge in [0.1, 0.15) is 5.69 Å². The van der Waals surface area contributed by atoms with Crippen LogP contribution >= 0.6 is 0 Å².